The first-order valence-corrected chi connectivity index (χ1v) is 20.2. The summed E-state index contributed by atoms with van der Waals surface area (Å²) in [4.78, 5) is 46.8. The molecule has 0 radical (unpaired) electrons. The number of hydrogen-bond acceptors (Lipinski definition) is 10. The highest BCUT2D eigenvalue weighted by molar-refractivity contribution is 5.83. The van der Waals surface area contributed by atoms with Gasteiger partial charge in [0.05, 0.1) is 31.5 Å². The van der Waals surface area contributed by atoms with Crippen LogP contribution in [0.2, 0.25) is 0 Å². The van der Waals surface area contributed by atoms with Crippen LogP contribution in [0, 0.1) is 5.92 Å². The summed E-state index contributed by atoms with van der Waals surface area (Å²) in [6.45, 7) is 11.3. The zero-order valence-corrected chi connectivity index (χ0v) is 33.5. The molecule has 5 atom stereocenters. The van der Waals surface area contributed by atoms with E-state index in [1.807, 2.05) is 105 Å². The van der Waals surface area contributed by atoms with Crippen LogP contribution in [0.5, 0.6) is 5.75 Å². The molecule has 3 aliphatic rings. The van der Waals surface area contributed by atoms with Crippen LogP contribution in [-0.4, -0.2) is 132 Å². The van der Waals surface area contributed by atoms with Crippen molar-refractivity contribution in [3.63, 3.8) is 0 Å². The number of carbonyl (C=O) groups is 3. The molecule has 3 amide bonds. The Hall–Kier alpha value is -4.53. The number of carbonyl (C=O) groups excluding carboxylic acids is 3. The van der Waals surface area contributed by atoms with E-state index in [1.54, 1.807) is 0 Å². The van der Waals surface area contributed by atoms with E-state index in [4.69, 9.17) is 14.2 Å². The third-order valence-corrected chi connectivity index (χ3v) is 10.8. The average molecular weight is 786 g/mol. The fourth-order valence-corrected chi connectivity index (χ4v) is 7.82. The fourth-order valence-electron chi connectivity index (χ4n) is 7.82. The first-order chi connectivity index (χ1) is 27.4. The normalized spacial score (nSPS) is 21.3. The number of benzene rings is 3. The molecule has 0 bridgehead atoms. The lowest BCUT2D eigenvalue weighted by molar-refractivity contribution is -0.132. The van der Waals surface area contributed by atoms with Crippen molar-refractivity contribution in [1.82, 2.24) is 25.3 Å². The molecule has 3 aromatic rings. The summed E-state index contributed by atoms with van der Waals surface area (Å²) in [5.74, 6) is -0.440. The zero-order chi connectivity index (χ0) is 40.4. The van der Waals surface area contributed by atoms with Gasteiger partial charge in [-0.2, -0.15) is 0 Å². The van der Waals surface area contributed by atoms with Gasteiger partial charge < -0.3 is 40.0 Å². The number of piperazine rings is 1. The average Bonchev–Trinajstić information content (AvgIpc) is 3.51. The summed E-state index contributed by atoms with van der Waals surface area (Å²) >= 11 is 0. The maximum atomic E-state index is 14.1. The quantitative estimate of drug-likeness (QED) is 0.181. The lowest BCUT2D eigenvalue weighted by atomic mass is 9.91. The zero-order valence-electron chi connectivity index (χ0n) is 33.5. The molecule has 0 spiro atoms. The number of aliphatic hydroxyl groups excluding tert-OH is 2. The molecule has 4 N–H and O–H groups in total. The van der Waals surface area contributed by atoms with Crippen LogP contribution in [-0.2, 0) is 38.5 Å². The van der Waals surface area contributed by atoms with E-state index in [2.05, 4.69) is 15.5 Å². The molecular weight excluding hydrogens is 727 g/mol. The first kappa shape index (κ1) is 42.1. The molecule has 57 heavy (non-hydrogen) atoms. The highest BCUT2D eigenvalue weighted by Crippen LogP contribution is 2.32. The van der Waals surface area contributed by atoms with Crippen molar-refractivity contribution in [3.8, 4) is 5.75 Å². The second-order valence-electron chi connectivity index (χ2n) is 16.4. The molecule has 0 saturated carbocycles. The Labute approximate surface area is 336 Å². The van der Waals surface area contributed by atoms with Gasteiger partial charge in [0.25, 0.3) is 0 Å². The Morgan fingerprint density at radius 3 is 2.37 bits per heavy atom. The molecule has 6 rings (SSSR count). The Kier molecular flexibility index (Phi) is 14.6. The van der Waals surface area contributed by atoms with E-state index in [1.165, 1.54) is 4.90 Å². The van der Waals surface area contributed by atoms with E-state index < -0.39 is 41.8 Å². The molecule has 2 saturated heterocycles. The third kappa shape index (κ3) is 12.2. The SMILES string of the molecule is CC(C)(C)NC(=O)[C@@H]1CN(C(=O)OCc2ccccc2)CCN1C[C@@H](O)C[C@H](Cc1ccc(OCCN2CCOCC2)cc1)C(=O)N[C@H]1c2ccccc2C[C@H]1O. The number of nitrogens with one attached hydrogen (secondary N) is 2. The maximum Gasteiger partial charge on any atom is 0.410 e. The molecule has 13 nitrogen and oxygen atoms in total. The molecule has 3 aromatic carbocycles. The Morgan fingerprint density at radius 1 is 0.912 bits per heavy atom. The first-order valence-electron chi connectivity index (χ1n) is 20.2. The van der Waals surface area contributed by atoms with Crippen molar-refractivity contribution in [3.05, 3.63) is 101 Å². The summed E-state index contributed by atoms with van der Waals surface area (Å²) in [6, 6.07) is 23.5. The number of amides is 3. The molecule has 308 valence electrons. The van der Waals surface area contributed by atoms with Gasteiger partial charge in [-0.1, -0.05) is 66.7 Å². The molecule has 13 heteroatoms. The predicted octanol–water partition coefficient (Wildman–Crippen LogP) is 3.32. The van der Waals surface area contributed by atoms with Gasteiger partial charge in [0.2, 0.25) is 11.8 Å². The molecule has 1 aliphatic carbocycles. The number of β-amino-alcohol motifs (C(OH)–C–C–N with tert-alkyl or cyclic N) is 1. The smallest absolute Gasteiger partial charge is 0.410 e. The molecule has 2 heterocycles. The number of morpholine rings is 1. The number of nitrogens with zero attached hydrogens (tertiary/aromatic N) is 3. The van der Waals surface area contributed by atoms with Gasteiger partial charge in [-0.15, -0.1) is 0 Å². The van der Waals surface area contributed by atoms with Crippen LogP contribution in [0.3, 0.4) is 0 Å². The van der Waals surface area contributed by atoms with Gasteiger partial charge in [-0.05, 0) is 68.0 Å². The third-order valence-electron chi connectivity index (χ3n) is 10.8. The van der Waals surface area contributed by atoms with Crippen molar-refractivity contribution < 1.29 is 38.8 Å². The van der Waals surface area contributed by atoms with Gasteiger partial charge in [0.1, 0.15) is 25.0 Å². The minimum absolute atomic E-state index is 0.0893. The number of fused-ring (bicyclic) bond motifs is 1. The van der Waals surface area contributed by atoms with Crippen LogP contribution >= 0.6 is 0 Å². The summed E-state index contributed by atoms with van der Waals surface area (Å²) < 4.78 is 17.0. The summed E-state index contributed by atoms with van der Waals surface area (Å²) in [6.07, 6.45) is -1.34. The van der Waals surface area contributed by atoms with Crippen molar-refractivity contribution >= 4 is 17.9 Å². The van der Waals surface area contributed by atoms with Crippen LogP contribution < -0.4 is 15.4 Å². The summed E-state index contributed by atoms with van der Waals surface area (Å²) in [7, 11) is 0. The van der Waals surface area contributed by atoms with Gasteiger partial charge >= 0.3 is 6.09 Å². The number of rotatable bonds is 15. The minimum Gasteiger partial charge on any atom is -0.492 e. The lowest BCUT2D eigenvalue weighted by Gasteiger charge is -2.41. The standard InChI is InChI=1S/C44H59N5O8/c1-44(2,3)46-42(53)38-29-49(43(54)57-30-32-9-5-4-6-10-32)18-17-48(38)28-35(50)26-34(41(52)45-40-37-12-8-7-11-33(37)27-39(40)51)25-31-13-15-36(16-14-31)56-24-21-47-19-22-55-23-20-47/h4-16,34-35,38-40,50-51H,17-30H2,1-3H3,(H,45,52)(H,46,53)/t34-,35-,38-,39+,40-/m0/s1. The summed E-state index contributed by atoms with van der Waals surface area (Å²) in [5.41, 5.74) is 3.14. The fraction of sp³-hybridized carbons (Fsp3) is 0.523. The summed E-state index contributed by atoms with van der Waals surface area (Å²) in [5, 5.41) is 28.8. The Morgan fingerprint density at radius 2 is 1.63 bits per heavy atom. The Bertz CT molecular complexity index is 1760. The highest BCUT2D eigenvalue weighted by atomic mass is 16.6. The lowest BCUT2D eigenvalue weighted by Crippen LogP contribution is -2.62. The van der Waals surface area contributed by atoms with Gasteiger partial charge in [0, 0.05) is 63.7 Å². The second kappa shape index (κ2) is 19.8. The van der Waals surface area contributed by atoms with Crippen LogP contribution in [0.25, 0.3) is 0 Å². The van der Waals surface area contributed by atoms with E-state index in [0.29, 0.717) is 32.5 Å². The maximum absolute atomic E-state index is 14.1. The van der Waals surface area contributed by atoms with Crippen molar-refractivity contribution in [2.45, 2.75) is 76.5 Å². The van der Waals surface area contributed by atoms with Crippen molar-refractivity contribution in [2.75, 3.05) is 65.6 Å². The van der Waals surface area contributed by atoms with Crippen LogP contribution in [0.15, 0.2) is 78.9 Å². The van der Waals surface area contributed by atoms with Crippen LogP contribution in [0.4, 0.5) is 4.79 Å². The van der Waals surface area contributed by atoms with Gasteiger partial charge in [-0.3, -0.25) is 19.4 Å². The van der Waals surface area contributed by atoms with Gasteiger partial charge in [-0.25, -0.2) is 4.79 Å². The Balaban J connectivity index is 1.12. The minimum atomic E-state index is -0.981. The van der Waals surface area contributed by atoms with Gasteiger partial charge in [0.15, 0.2) is 0 Å². The largest absolute Gasteiger partial charge is 0.492 e. The van der Waals surface area contributed by atoms with E-state index in [0.717, 1.165) is 60.9 Å². The molecule has 0 aromatic heterocycles. The molecule has 2 aliphatic heterocycles. The molecular formula is C44H59N5O8. The number of aliphatic hydroxyl groups is 2. The highest BCUT2D eigenvalue weighted by Gasteiger charge is 2.38. The van der Waals surface area contributed by atoms with E-state index in [-0.39, 0.29) is 37.9 Å². The number of hydrogen-bond donors (Lipinski definition) is 4. The van der Waals surface area contributed by atoms with E-state index >= 15 is 0 Å². The van der Waals surface area contributed by atoms with Crippen LogP contribution in [0.1, 0.15) is 55.5 Å². The topological polar surface area (TPSA) is 153 Å². The van der Waals surface area contributed by atoms with Crippen molar-refractivity contribution in [1.29, 1.82) is 0 Å². The monoisotopic (exact) mass is 785 g/mol. The second-order valence-corrected chi connectivity index (χ2v) is 16.4. The predicted molar refractivity (Wildman–Crippen MR) is 216 cm³/mol. The van der Waals surface area contributed by atoms with Crippen molar-refractivity contribution in [2.24, 2.45) is 5.92 Å². The van der Waals surface area contributed by atoms with E-state index in [9.17, 15) is 24.6 Å². The number of ether oxygens (including phenoxy) is 3. The molecule has 0 unspecified atom stereocenters. The molecule has 2 fully saturated rings.